The Morgan fingerprint density at radius 2 is 1.72 bits per heavy atom. The first-order valence-corrected chi connectivity index (χ1v) is 12.1. The van der Waals surface area contributed by atoms with E-state index in [1.165, 1.54) is 6.08 Å². The molecule has 1 aliphatic carbocycles. The molecule has 0 radical (unpaired) electrons. The number of ketones is 1. The van der Waals surface area contributed by atoms with E-state index in [0.717, 1.165) is 47.9 Å². The molecule has 6 heteroatoms. The zero-order valence-corrected chi connectivity index (χ0v) is 19.5. The fourth-order valence-corrected chi connectivity index (χ4v) is 5.41. The van der Waals surface area contributed by atoms with Gasteiger partial charge in [-0.1, -0.05) is 26.8 Å². The van der Waals surface area contributed by atoms with Gasteiger partial charge in [0.2, 0.25) is 0 Å². The van der Waals surface area contributed by atoms with Gasteiger partial charge < -0.3 is 14.2 Å². The molecule has 0 saturated carbocycles. The van der Waals surface area contributed by atoms with E-state index in [4.69, 9.17) is 9.05 Å². The first-order valence-electron chi connectivity index (χ1n) is 10.5. The van der Waals surface area contributed by atoms with E-state index in [1.807, 2.05) is 6.07 Å². The molecule has 0 fully saturated rings. The molecule has 1 aromatic rings. The van der Waals surface area contributed by atoms with Gasteiger partial charge in [0.25, 0.3) is 0 Å². The van der Waals surface area contributed by atoms with E-state index in [-0.39, 0.29) is 24.4 Å². The zero-order valence-electron chi connectivity index (χ0n) is 18.6. The second-order valence-corrected chi connectivity index (χ2v) is 10.9. The lowest BCUT2D eigenvalue weighted by molar-refractivity contribution is -0.114. The Labute approximate surface area is 175 Å². The number of benzene rings is 1. The summed E-state index contributed by atoms with van der Waals surface area (Å²) in [5.41, 5.74) is 2.86. The number of allylic oxidation sites excluding steroid dienone is 1. The molecule has 1 aromatic carbocycles. The minimum Gasteiger partial charge on any atom is -0.507 e. The molecule has 0 bridgehead atoms. The first kappa shape index (κ1) is 23.9. The maximum Gasteiger partial charge on any atom is 0.341 e. The number of hydrogen-bond acceptors (Lipinski definition) is 5. The maximum absolute atomic E-state index is 12.9. The van der Waals surface area contributed by atoms with Crippen molar-refractivity contribution in [1.82, 2.24) is 0 Å². The van der Waals surface area contributed by atoms with E-state index in [2.05, 4.69) is 20.8 Å². The van der Waals surface area contributed by atoms with Crippen molar-refractivity contribution in [3.05, 3.63) is 34.4 Å². The summed E-state index contributed by atoms with van der Waals surface area (Å²) >= 11 is 0. The first-order chi connectivity index (χ1) is 13.5. The predicted molar refractivity (Wildman–Crippen MR) is 118 cm³/mol. The standard InChI is InChI=1S/C23H35O5P/c1-7-27-29(26,28-8-2)16(3)21(24)14-13-17-15-20(23(4,5)6)22(25)19-12-10-9-11-18(17)19/h13-16,25H,7-12H2,1-6H3. The van der Waals surface area contributed by atoms with E-state index >= 15 is 0 Å². The van der Waals surface area contributed by atoms with Crippen LogP contribution < -0.4 is 0 Å². The fourth-order valence-electron chi connectivity index (χ4n) is 3.77. The van der Waals surface area contributed by atoms with Crippen LogP contribution in [-0.4, -0.2) is 29.8 Å². The number of carbonyl (C=O) groups excluding carboxylic acids is 1. The summed E-state index contributed by atoms with van der Waals surface area (Å²) < 4.78 is 23.5. The van der Waals surface area contributed by atoms with E-state index in [0.29, 0.717) is 5.75 Å². The number of carbonyl (C=O) groups is 1. The van der Waals surface area contributed by atoms with Crippen molar-refractivity contribution in [2.75, 3.05) is 13.2 Å². The molecule has 0 aliphatic heterocycles. The Kier molecular flexibility index (Phi) is 7.89. The number of hydrogen-bond donors (Lipinski definition) is 1. The summed E-state index contributed by atoms with van der Waals surface area (Å²) in [4.78, 5) is 12.8. The minimum atomic E-state index is -3.50. The minimum absolute atomic E-state index is 0.212. The molecule has 0 aromatic heterocycles. The Morgan fingerprint density at radius 3 is 2.24 bits per heavy atom. The van der Waals surface area contributed by atoms with Crippen LogP contribution in [0, 0.1) is 0 Å². The van der Waals surface area contributed by atoms with Gasteiger partial charge in [0.05, 0.1) is 13.2 Å². The van der Waals surface area contributed by atoms with Crippen LogP contribution in [0.15, 0.2) is 12.1 Å². The van der Waals surface area contributed by atoms with Gasteiger partial charge >= 0.3 is 7.60 Å². The maximum atomic E-state index is 12.9. The molecule has 0 spiro atoms. The summed E-state index contributed by atoms with van der Waals surface area (Å²) in [6, 6.07) is 1.98. The Hall–Kier alpha value is -1.42. The van der Waals surface area contributed by atoms with Gasteiger partial charge in [0.1, 0.15) is 11.4 Å². The van der Waals surface area contributed by atoms with Crippen LogP contribution in [0.5, 0.6) is 5.75 Å². The second-order valence-electron chi connectivity index (χ2n) is 8.56. The van der Waals surface area contributed by atoms with Gasteiger partial charge in [-0.05, 0) is 80.7 Å². The lowest BCUT2D eigenvalue weighted by atomic mass is 9.79. The third kappa shape index (κ3) is 5.39. The molecular formula is C23H35O5P. The molecule has 162 valence electrons. The van der Waals surface area contributed by atoms with Crippen LogP contribution in [0.3, 0.4) is 0 Å². The van der Waals surface area contributed by atoms with Crippen LogP contribution in [0.1, 0.15) is 76.6 Å². The van der Waals surface area contributed by atoms with Gasteiger partial charge in [-0.25, -0.2) is 0 Å². The number of phenolic OH excluding ortho intramolecular Hbond substituents is 1. The van der Waals surface area contributed by atoms with Gasteiger partial charge in [0.15, 0.2) is 5.78 Å². The van der Waals surface area contributed by atoms with Crippen LogP contribution in [0.4, 0.5) is 0 Å². The zero-order chi connectivity index (χ0) is 21.8. The van der Waals surface area contributed by atoms with Gasteiger partial charge in [0, 0.05) is 5.56 Å². The van der Waals surface area contributed by atoms with Gasteiger partial charge in [-0.3, -0.25) is 9.36 Å². The summed E-state index contributed by atoms with van der Waals surface area (Å²) in [6.07, 6.45) is 7.12. The van der Waals surface area contributed by atoms with Crippen LogP contribution in [-0.2, 0) is 36.7 Å². The van der Waals surface area contributed by atoms with Crippen LogP contribution in [0.25, 0.3) is 6.08 Å². The van der Waals surface area contributed by atoms with Gasteiger partial charge in [-0.15, -0.1) is 0 Å². The lowest BCUT2D eigenvalue weighted by Gasteiger charge is -2.27. The third-order valence-corrected chi connectivity index (χ3v) is 7.84. The third-order valence-electron chi connectivity index (χ3n) is 5.40. The van der Waals surface area contributed by atoms with Crippen molar-refractivity contribution in [1.29, 1.82) is 0 Å². The summed E-state index contributed by atoms with van der Waals surface area (Å²) in [7, 11) is -3.50. The van der Waals surface area contributed by atoms with Crippen molar-refractivity contribution in [3.63, 3.8) is 0 Å². The molecule has 0 amide bonds. The molecule has 29 heavy (non-hydrogen) atoms. The van der Waals surface area contributed by atoms with E-state index < -0.39 is 13.3 Å². The monoisotopic (exact) mass is 422 g/mol. The molecule has 1 aliphatic rings. The van der Waals surface area contributed by atoms with Crippen molar-refractivity contribution >= 4 is 19.5 Å². The average Bonchev–Trinajstić information content (AvgIpc) is 2.66. The largest absolute Gasteiger partial charge is 0.507 e. The molecule has 1 N–H and O–H groups in total. The highest BCUT2D eigenvalue weighted by Crippen LogP contribution is 2.53. The quantitative estimate of drug-likeness (QED) is 0.423. The highest BCUT2D eigenvalue weighted by Gasteiger charge is 2.36. The van der Waals surface area contributed by atoms with Crippen molar-refractivity contribution in [2.24, 2.45) is 0 Å². The number of aromatic hydroxyl groups is 1. The number of fused-ring (bicyclic) bond motifs is 1. The molecule has 0 saturated heterocycles. The molecule has 0 heterocycles. The number of rotatable bonds is 8. The van der Waals surface area contributed by atoms with Crippen molar-refractivity contribution in [2.45, 2.75) is 78.3 Å². The number of phenols is 1. The van der Waals surface area contributed by atoms with Gasteiger partial charge in [-0.2, -0.15) is 0 Å². The summed E-state index contributed by atoms with van der Waals surface area (Å²) in [5, 5.41) is 10.8. The normalized spacial score (nSPS) is 16.1. The SMILES string of the molecule is CCOP(=O)(OCC)C(C)C(=O)C=Cc1cc(C(C)(C)C)c(O)c2c1CCCC2. The molecule has 5 nitrogen and oxygen atoms in total. The highest BCUT2D eigenvalue weighted by molar-refractivity contribution is 7.55. The summed E-state index contributed by atoms with van der Waals surface area (Å²) in [6.45, 7) is 11.7. The Morgan fingerprint density at radius 1 is 1.17 bits per heavy atom. The fraction of sp³-hybridized carbons (Fsp3) is 0.609. The average molecular weight is 423 g/mol. The molecule has 1 unspecified atom stereocenters. The van der Waals surface area contributed by atoms with E-state index in [9.17, 15) is 14.5 Å². The topological polar surface area (TPSA) is 72.8 Å². The molecule has 2 rings (SSSR count). The van der Waals surface area contributed by atoms with Crippen molar-refractivity contribution in [3.8, 4) is 5.75 Å². The Bertz CT molecular complexity index is 810. The Balaban J connectivity index is 2.41. The molecule has 1 atom stereocenters. The smallest absolute Gasteiger partial charge is 0.341 e. The lowest BCUT2D eigenvalue weighted by Crippen LogP contribution is -2.19. The molecular weight excluding hydrogens is 387 g/mol. The van der Waals surface area contributed by atoms with Crippen molar-refractivity contribution < 1.29 is 23.5 Å². The van der Waals surface area contributed by atoms with Crippen LogP contribution >= 0.6 is 7.60 Å². The predicted octanol–water partition coefficient (Wildman–Crippen LogP) is 5.81. The van der Waals surface area contributed by atoms with E-state index in [1.54, 1.807) is 26.8 Å². The second kappa shape index (κ2) is 9.59. The van der Waals surface area contributed by atoms with Crippen LogP contribution in [0.2, 0.25) is 0 Å². The highest BCUT2D eigenvalue weighted by atomic mass is 31.2. The summed E-state index contributed by atoms with van der Waals surface area (Å²) in [5.74, 6) is 0.103.